The molecule has 0 N–H and O–H groups in total. The van der Waals surface area contributed by atoms with Crippen LogP contribution in [0.2, 0.25) is 0 Å². The van der Waals surface area contributed by atoms with Crippen LogP contribution in [0.4, 0.5) is 0 Å². The fourth-order valence-electron chi connectivity index (χ4n) is 2.62. The summed E-state index contributed by atoms with van der Waals surface area (Å²) >= 11 is 1.32. The topological polar surface area (TPSA) is 57.7 Å². The Morgan fingerprint density at radius 3 is 2.84 bits per heavy atom. The van der Waals surface area contributed by atoms with Crippen LogP contribution in [0.25, 0.3) is 0 Å². The second kappa shape index (κ2) is 8.01. The lowest BCUT2D eigenvalue weighted by Crippen LogP contribution is -2.26. The molecule has 2 heterocycles. The van der Waals surface area contributed by atoms with Crippen molar-refractivity contribution in [3.8, 4) is 0 Å². The van der Waals surface area contributed by atoms with Crippen LogP contribution >= 0.6 is 11.3 Å². The van der Waals surface area contributed by atoms with Crippen molar-refractivity contribution in [3.05, 3.63) is 64.6 Å². The number of benzene rings is 1. The van der Waals surface area contributed by atoms with Gasteiger partial charge in [0.05, 0.1) is 13.2 Å². The van der Waals surface area contributed by atoms with Crippen LogP contribution in [0.15, 0.2) is 54.1 Å². The Labute approximate surface area is 151 Å². The highest BCUT2D eigenvalue weighted by Gasteiger charge is 2.40. The van der Waals surface area contributed by atoms with E-state index < -0.39 is 5.79 Å². The van der Waals surface area contributed by atoms with Crippen LogP contribution in [0.5, 0.6) is 0 Å². The average molecular weight is 359 g/mol. The summed E-state index contributed by atoms with van der Waals surface area (Å²) < 4.78 is 17.5. The highest BCUT2D eigenvalue weighted by atomic mass is 32.1. The van der Waals surface area contributed by atoms with Gasteiger partial charge in [0.25, 0.3) is 0 Å². The van der Waals surface area contributed by atoms with Crippen LogP contribution in [0.1, 0.15) is 29.2 Å². The number of nitrogens with zero attached hydrogens (tertiary/aromatic N) is 1. The van der Waals surface area contributed by atoms with Gasteiger partial charge in [-0.15, -0.1) is 11.3 Å². The maximum Gasteiger partial charge on any atom is 0.214 e. The smallest absolute Gasteiger partial charge is 0.214 e. The predicted molar refractivity (Wildman–Crippen MR) is 95.5 cm³/mol. The van der Waals surface area contributed by atoms with E-state index in [4.69, 9.17) is 14.2 Å². The number of ether oxygens (including phenoxy) is 3. The molecule has 1 fully saturated rings. The molecule has 0 spiro atoms. The first kappa shape index (κ1) is 17.9. The zero-order valence-corrected chi connectivity index (χ0v) is 15.1. The maximum absolute atomic E-state index is 12.1. The molecule has 1 aromatic carbocycles. The summed E-state index contributed by atoms with van der Waals surface area (Å²) in [6.07, 6.45) is 4.24. The van der Waals surface area contributed by atoms with Crippen molar-refractivity contribution >= 4 is 17.1 Å². The van der Waals surface area contributed by atoms with Crippen molar-refractivity contribution in [1.82, 2.24) is 4.98 Å². The molecule has 0 saturated carbocycles. The molecule has 0 unspecified atom stereocenters. The highest BCUT2D eigenvalue weighted by molar-refractivity contribution is 7.11. The Morgan fingerprint density at radius 1 is 1.32 bits per heavy atom. The summed E-state index contributed by atoms with van der Waals surface area (Å²) in [6.45, 7) is 4.61. The van der Waals surface area contributed by atoms with Crippen molar-refractivity contribution in [1.29, 1.82) is 0 Å². The van der Waals surface area contributed by atoms with E-state index in [2.05, 4.69) is 4.98 Å². The molecular weight excluding hydrogens is 338 g/mol. The van der Waals surface area contributed by atoms with Crippen molar-refractivity contribution in [2.45, 2.75) is 38.4 Å². The van der Waals surface area contributed by atoms with Crippen LogP contribution in [-0.4, -0.2) is 35.4 Å². The molecule has 1 saturated heterocycles. The standard InChI is InChI=1S/C19H21NO4S/c1-19(2)23-16(9-8-15(21)18-20-10-11-25-18)17(24-19)13-22-12-14-6-4-3-5-7-14/h3-11,16-17H,12-13H2,1-2H3/b9-8+/t16-,17+/m0/s1. The number of allylic oxidation sites excluding steroid dienone is 1. The Bertz CT molecular complexity index is 712. The minimum atomic E-state index is -0.708. The van der Waals surface area contributed by atoms with Gasteiger partial charge in [0.15, 0.2) is 10.8 Å². The number of rotatable bonds is 7. The van der Waals surface area contributed by atoms with E-state index >= 15 is 0 Å². The van der Waals surface area contributed by atoms with Gasteiger partial charge in [-0.25, -0.2) is 4.98 Å². The largest absolute Gasteiger partial charge is 0.374 e. The van der Waals surface area contributed by atoms with Crippen LogP contribution in [0.3, 0.4) is 0 Å². The van der Waals surface area contributed by atoms with Crippen LogP contribution in [-0.2, 0) is 20.8 Å². The Kier molecular flexibility index (Phi) is 5.75. The second-order valence-corrected chi connectivity index (χ2v) is 7.09. The molecular formula is C19H21NO4S. The average Bonchev–Trinajstić information content (AvgIpc) is 3.21. The molecule has 1 aliphatic rings. The molecule has 25 heavy (non-hydrogen) atoms. The van der Waals surface area contributed by atoms with Gasteiger partial charge in [-0.05, 0) is 31.6 Å². The fraction of sp³-hybridized carbons (Fsp3) is 0.368. The van der Waals surface area contributed by atoms with E-state index in [1.54, 1.807) is 17.7 Å². The maximum atomic E-state index is 12.1. The quantitative estimate of drug-likeness (QED) is 0.558. The summed E-state index contributed by atoms with van der Waals surface area (Å²) in [5, 5.41) is 2.24. The first-order valence-corrected chi connectivity index (χ1v) is 9.01. The normalized spacial score (nSPS) is 22.5. The summed E-state index contributed by atoms with van der Waals surface area (Å²) in [6, 6.07) is 9.96. The minimum absolute atomic E-state index is 0.132. The lowest BCUT2D eigenvalue weighted by Gasteiger charge is -2.16. The molecule has 2 aromatic rings. The molecule has 1 aliphatic heterocycles. The molecule has 6 heteroatoms. The molecule has 0 radical (unpaired) electrons. The molecule has 2 atom stereocenters. The number of hydrogen-bond acceptors (Lipinski definition) is 6. The number of carbonyl (C=O) groups is 1. The van der Waals surface area contributed by atoms with E-state index in [-0.39, 0.29) is 18.0 Å². The van der Waals surface area contributed by atoms with E-state index in [0.717, 1.165) is 5.56 Å². The zero-order valence-electron chi connectivity index (χ0n) is 14.3. The minimum Gasteiger partial charge on any atom is -0.374 e. The van der Waals surface area contributed by atoms with Crippen molar-refractivity contribution < 1.29 is 19.0 Å². The summed E-state index contributed by atoms with van der Waals surface area (Å²) in [7, 11) is 0. The van der Waals surface area contributed by atoms with E-state index in [0.29, 0.717) is 18.2 Å². The third-order valence-electron chi connectivity index (χ3n) is 3.70. The zero-order chi connectivity index (χ0) is 17.7. The molecule has 0 bridgehead atoms. The molecule has 0 amide bonds. The highest BCUT2D eigenvalue weighted by Crippen LogP contribution is 2.29. The van der Waals surface area contributed by atoms with Gasteiger partial charge in [0, 0.05) is 11.6 Å². The van der Waals surface area contributed by atoms with Gasteiger partial charge < -0.3 is 14.2 Å². The van der Waals surface area contributed by atoms with E-state index in [1.807, 2.05) is 44.2 Å². The summed E-state index contributed by atoms with van der Waals surface area (Å²) in [5.74, 6) is -0.840. The fourth-order valence-corrected chi connectivity index (χ4v) is 3.18. The molecule has 3 rings (SSSR count). The number of thiazole rings is 1. The number of carbonyl (C=O) groups excluding carboxylic acids is 1. The van der Waals surface area contributed by atoms with Gasteiger partial charge in [0.1, 0.15) is 12.2 Å². The lowest BCUT2D eigenvalue weighted by atomic mass is 10.2. The van der Waals surface area contributed by atoms with E-state index in [1.165, 1.54) is 17.4 Å². The Balaban J connectivity index is 1.57. The van der Waals surface area contributed by atoms with Crippen molar-refractivity contribution in [2.75, 3.05) is 6.61 Å². The summed E-state index contributed by atoms with van der Waals surface area (Å²) in [4.78, 5) is 16.1. The van der Waals surface area contributed by atoms with Gasteiger partial charge in [0.2, 0.25) is 5.78 Å². The SMILES string of the molecule is CC1(C)O[C@@H](/C=C/C(=O)c2nccs2)[C@@H](COCc2ccccc2)O1. The first-order valence-electron chi connectivity index (χ1n) is 8.13. The van der Waals surface area contributed by atoms with Gasteiger partial charge in [-0.3, -0.25) is 4.79 Å². The first-order chi connectivity index (χ1) is 12.0. The van der Waals surface area contributed by atoms with E-state index in [9.17, 15) is 4.79 Å². The number of ketones is 1. The van der Waals surface area contributed by atoms with Crippen molar-refractivity contribution in [2.24, 2.45) is 0 Å². The second-order valence-electron chi connectivity index (χ2n) is 6.20. The number of hydrogen-bond donors (Lipinski definition) is 0. The third-order valence-corrected chi connectivity index (χ3v) is 4.48. The van der Waals surface area contributed by atoms with Gasteiger partial charge in [-0.2, -0.15) is 0 Å². The van der Waals surface area contributed by atoms with Gasteiger partial charge >= 0.3 is 0 Å². The molecule has 0 aliphatic carbocycles. The predicted octanol–water partition coefficient (Wildman–Crippen LogP) is 3.62. The Hall–Kier alpha value is -1.86. The monoisotopic (exact) mass is 359 g/mol. The number of aromatic nitrogens is 1. The summed E-state index contributed by atoms with van der Waals surface area (Å²) in [5.41, 5.74) is 1.10. The third kappa shape index (κ3) is 5.06. The van der Waals surface area contributed by atoms with Crippen LogP contribution < -0.4 is 0 Å². The Morgan fingerprint density at radius 2 is 2.12 bits per heavy atom. The lowest BCUT2D eigenvalue weighted by molar-refractivity contribution is -0.148. The van der Waals surface area contributed by atoms with Gasteiger partial charge in [-0.1, -0.05) is 30.3 Å². The van der Waals surface area contributed by atoms with Crippen molar-refractivity contribution in [3.63, 3.8) is 0 Å². The molecule has 132 valence electrons. The van der Waals surface area contributed by atoms with Crippen LogP contribution in [0, 0.1) is 0 Å². The molecule has 1 aromatic heterocycles. The molecule has 5 nitrogen and oxygen atoms in total.